The van der Waals surface area contributed by atoms with Crippen molar-refractivity contribution in [3.8, 4) is 0 Å². The highest BCUT2D eigenvalue weighted by Crippen LogP contribution is 2.51. The van der Waals surface area contributed by atoms with Gasteiger partial charge < -0.3 is 4.74 Å². The number of benzene rings is 1. The summed E-state index contributed by atoms with van der Waals surface area (Å²) in [5, 5.41) is 22.6. The summed E-state index contributed by atoms with van der Waals surface area (Å²) < 4.78 is 45.3. The van der Waals surface area contributed by atoms with Crippen LogP contribution in [0.25, 0.3) is 0 Å². The number of nitrogens with two attached hydrogens (primary N) is 1. The zero-order chi connectivity index (χ0) is 24.5. The largest absolute Gasteiger partial charge is 0.481 e. The first kappa shape index (κ1) is 24.2. The number of alkyl halides is 3. The Bertz CT molecular complexity index is 1180. The lowest BCUT2D eigenvalue weighted by molar-refractivity contribution is -0.393. The number of pyridine rings is 1. The Morgan fingerprint density at radius 3 is 2.48 bits per heavy atom. The van der Waals surface area contributed by atoms with Crippen LogP contribution < -0.4 is 10.6 Å². The third kappa shape index (κ3) is 4.84. The third-order valence-corrected chi connectivity index (χ3v) is 5.54. The van der Waals surface area contributed by atoms with Crippen LogP contribution >= 0.6 is 23.4 Å². The second-order valence-corrected chi connectivity index (χ2v) is 7.59. The van der Waals surface area contributed by atoms with Gasteiger partial charge in [-0.05, 0) is 12.1 Å². The molecule has 3 rings (SSSR count). The van der Waals surface area contributed by atoms with E-state index in [1.165, 1.54) is 19.4 Å². The van der Waals surface area contributed by atoms with Gasteiger partial charge in [-0.2, -0.15) is 13.2 Å². The highest BCUT2D eigenvalue weighted by Gasteiger charge is 2.45. The summed E-state index contributed by atoms with van der Waals surface area (Å²) in [5.74, 6) is -0.0273. The van der Waals surface area contributed by atoms with Crippen molar-refractivity contribution in [1.29, 1.82) is 0 Å². The van der Waals surface area contributed by atoms with Crippen LogP contribution in [0.4, 0.5) is 30.2 Å². The first-order chi connectivity index (χ1) is 15.5. The van der Waals surface area contributed by atoms with E-state index >= 15 is 0 Å². The molecular weight excluding hydrogens is 493 g/mol. The van der Waals surface area contributed by atoms with Crippen molar-refractivity contribution in [3.63, 3.8) is 0 Å². The van der Waals surface area contributed by atoms with Crippen molar-refractivity contribution in [1.82, 2.24) is 4.98 Å². The first-order valence-corrected chi connectivity index (χ1v) is 9.84. The second kappa shape index (κ2) is 9.21. The fraction of sp³-hybridized carbons (Fsp3) is 0.176. The number of nitrogens with zero attached hydrogens (tertiary/aromatic N) is 5. The van der Waals surface area contributed by atoms with E-state index in [0.717, 1.165) is 16.7 Å². The van der Waals surface area contributed by atoms with Crippen molar-refractivity contribution in [2.24, 2.45) is 10.7 Å². The lowest BCUT2D eigenvalue weighted by Gasteiger charge is -2.32. The molecule has 1 atom stereocenters. The molecule has 2 N–H and O–H groups in total. The molecule has 0 radical (unpaired) electrons. The van der Waals surface area contributed by atoms with Crippen molar-refractivity contribution in [2.75, 3.05) is 12.0 Å². The molecular formula is C17H12ClF3N6O5S. The number of nitro benzene ring substituents is 2. The minimum Gasteiger partial charge on any atom is -0.481 e. The van der Waals surface area contributed by atoms with Gasteiger partial charge in [0.1, 0.15) is 10.0 Å². The molecule has 1 aromatic heterocycles. The van der Waals surface area contributed by atoms with Gasteiger partial charge in [0.15, 0.2) is 6.29 Å². The lowest BCUT2D eigenvalue weighted by Crippen LogP contribution is -2.43. The number of aliphatic imine (C=N–C) groups is 1. The average Bonchev–Trinajstić information content (AvgIpc) is 2.72. The van der Waals surface area contributed by atoms with Crippen molar-refractivity contribution in [3.05, 3.63) is 72.4 Å². The number of rotatable bonds is 5. The number of halogens is 4. The van der Waals surface area contributed by atoms with Gasteiger partial charge in [-0.15, -0.1) is 0 Å². The van der Waals surface area contributed by atoms with Gasteiger partial charge >= 0.3 is 17.6 Å². The number of ether oxygens (including phenoxy) is 1. The summed E-state index contributed by atoms with van der Waals surface area (Å²) in [7, 11) is 1.26. The maximum Gasteiger partial charge on any atom is 0.418 e. The van der Waals surface area contributed by atoms with Crippen LogP contribution in [-0.4, -0.2) is 34.1 Å². The summed E-state index contributed by atoms with van der Waals surface area (Å²) in [4.78, 5) is 29.9. The lowest BCUT2D eigenvalue weighted by atomic mass is 10.1. The standard InChI is InChI=1S/C17H12ClF3N6O5S/c1-32-10-7-12(33-11-4-2-3-5-23-11)25(16(22)24-10)14-9(26(28)29)6-8(17(19,20)21)13(18)15(14)27(30)31/h2-7,16H,22H2,1H3. The van der Waals surface area contributed by atoms with Crippen molar-refractivity contribution < 1.29 is 27.8 Å². The first-order valence-electron chi connectivity index (χ1n) is 8.65. The molecule has 2 aromatic rings. The number of anilines is 1. The molecule has 0 bridgehead atoms. The topological polar surface area (TPSA) is 150 Å². The number of hydrogen-bond donors (Lipinski definition) is 1. The second-order valence-electron chi connectivity index (χ2n) is 6.17. The molecule has 1 unspecified atom stereocenters. The molecule has 1 aromatic carbocycles. The van der Waals surface area contributed by atoms with Gasteiger partial charge in [-0.25, -0.2) is 9.98 Å². The highest BCUT2D eigenvalue weighted by molar-refractivity contribution is 8.03. The fourth-order valence-electron chi connectivity index (χ4n) is 2.85. The predicted molar refractivity (Wildman–Crippen MR) is 113 cm³/mol. The van der Waals surface area contributed by atoms with Crippen LogP contribution in [0.5, 0.6) is 0 Å². The van der Waals surface area contributed by atoms with E-state index in [1.807, 2.05) is 0 Å². The maximum atomic E-state index is 13.4. The number of aromatic nitrogens is 1. The molecule has 2 heterocycles. The Morgan fingerprint density at radius 1 is 1.27 bits per heavy atom. The number of nitro groups is 2. The number of hydrogen-bond acceptors (Lipinski definition) is 10. The van der Waals surface area contributed by atoms with Crippen LogP contribution in [0, 0.1) is 20.2 Å². The number of methoxy groups -OCH3 is 1. The van der Waals surface area contributed by atoms with Gasteiger partial charge in [0.25, 0.3) is 0 Å². The normalized spacial score (nSPS) is 16.2. The van der Waals surface area contributed by atoms with Crippen LogP contribution in [0.1, 0.15) is 5.56 Å². The number of thioether (sulfide) groups is 1. The monoisotopic (exact) mass is 504 g/mol. The van der Waals surface area contributed by atoms with E-state index in [2.05, 4.69) is 9.98 Å². The summed E-state index contributed by atoms with van der Waals surface area (Å²) in [6, 6.07) is 4.94. The molecule has 0 fully saturated rings. The molecule has 16 heteroatoms. The molecule has 0 saturated heterocycles. The molecule has 1 aliphatic rings. The van der Waals surface area contributed by atoms with E-state index in [1.54, 1.807) is 18.2 Å². The Balaban J connectivity index is 2.33. The Hall–Kier alpha value is -3.43. The summed E-state index contributed by atoms with van der Waals surface area (Å²) in [5.41, 5.74) is 0.812. The van der Waals surface area contributed by atoms with Gasteiger partial charge in [0.2, 0.25) is 11.6 Å². The minimum absolute atomic E-state index is 0.00933. The summed E-state index contributed by atoms with van der Waals surface area (Å²) in [6.45, 7) is 0. The maximum absolute atomic E-state index is 13.4. The highest BCUT2D eigenvalue weighted by atomic mass is 35.5. The quantitative estimate of drug-likeness (QED) is 0.464. The van der Waals surface area contributed by atoms with Gasteiger partial charge in [0, 0.05) is 18.3 Å². The van der Waals surface area contributed by atoms with E-state index in [0.29, 0.717) is 5.03 Å². The van der Waals surface area contributed by atoms with E-state index in [4.69, 9.17) is 22.1 Å². The van der Waals surface area contributed by atoms with E-state index < -0.39 is 50.0 Å². The van der Waals surface area contributed by atoms with E-state index in [-0.39, 0.29) is 17.0 Å². The Kier molecular flexibility index (Phi) is 6.76. The van der Waals surface area contributed by atoms with Gasteiger partial charge in [0.05, 0.1) is 27.5 Å². The Labute approximate surface area is 192 Å². The van der Waals surface area contributed by atoms with Crippen LogP contribution in [-0.2, 0) is 10.9 Å². The predicted octanol–water partition coefficient (Wildman–Crippen LogP) is 4.31. The molecule has 0 spiro atoms. The smallest absolute Gasteiger partial charge is 0.418 e. The Morgan fingerprint density at radius 2 is 1.97 bits per heavy atom. The minimum atomic E-state index is -5.20. The van der Waals surface area contributed by atoms with Crippen molar-refractivity contribution in [2.45, 2.75) is 17.5 Å². The summed E-state index contributed by atoms with van der Waals surface area (Å²) in [6.07, 6.45) is -4.04. The molecule has 0 amide bonds. The molecule has 174 valence electrons. The van der Waals surface area contributed by atoms with Gasteiger partial charge in [-0.1, -0.05) is 29.4 Å². The molecule has 1 aliphatic heterocycles. The van der Waals surface area contributed by atoms with Crippen LogP contribution in [0.2, 0.25) is 5.02 Å². The molecule has 0 aliphatic carbocycles. The molecule has 11 nitrogen and oxygen atoms in total. The van der Waals surface area contributed by atoms with E-state index in [9.17, 15) is 33.4 Å². The SMILES string of the molecule is COC1=NC(N)N(c2c([N+](=O)[O-])cc(C(F)(F)F)c(Cl)c2[N+](=O)[O-])C(Sc2ccccn2)=C1. The zero-order valence-corrected chi connectivity index (χ0v) is 17.9. The van der Waals surface area contributed by atoms with Crippen LogP contribution in [0.3, 0.4) is 0 Å². The molecule has 0 saturated carbocycles. The van der Waals surface area contributed by atoms with Crippen LogP contribution in [0.15, 0.2) is 51.6 Å². The zero-order valence-electron chi connectivity index (χ0n) is 16.3. The third-order valence-electron chi connectivity index (χ3n) is 4.18. The average molecular weight is 505 g/mol. The molecule has 33 heavy (non-hydrogen) atoms. The van der Waals surface area contributed by atoms with Crippen molar-refractivity contribution >= 4 is 46.3 Å². The van der Waals surface area contributed by atoms with Gasteiger partial charge in [-0.3, -0.25) is 30.9 Å². The fourth-order valence-corrected chi connectivity index (χ4v) is 4.10. The summed E-state index contributed by atoms with van der Waals surface area (Å²) >= 11 is 6.62.